The summed E-state index contributed by atoms with van der Waals surface area (Å²) < 4.78 is 0. The summed E-state index contributed by atoms with van der Waals surface area (Å²) >= 11 is 12.9. The van der Waals surface area contributed by atoms with Gasteiger partial charge in [0.25, 0.3) is 0 Å². The molecular weight excluding hydrogens is 423 g/mol. The molecule has 2 amide bonds. The molecule has 1 atom stereocenters. The van der Waals surface area contributed by atoms with E-state index in [1.165, 1.54) is 18.3 Å². The molecule has 1 saturated heterocycles. The van der Waals surface area contributed by atoms with Crippen LogP contribution in [-0.4, -0.2) is 33.6 Å². The zero-order valence-electron chi connectivity index (χ0n) is 14.2. The van der Waals surface area contributed by atoms with Crippen LogP contribution in [0, 0.1) is 0 Å². The molecule has 1 heterocycles. The summed E-state index contributed by atoms with van der Waals surface area (Å²) in [5.74, 6) is -0.538. The Hall–Kier alpha value is -2.55. The van der Waals surface area contributed by atoms with E-state index >= 15 is 0 Å². The molecule has 0 unspecified atom stereocenters. The molecule has 0 bridgehead atoms. The molecule has 28 heavy (non-hydrogen) atoms. The predicted molar refractivity (Wildman–Crippen MR) is 112 cm³/mol. The second-order valence-corrected chi connectivity index (χ2v) is 7.73. The van der Waals surface area contributed by atoms with Gasteiger partial charge in [0.2, 0.25) is 11.8 Å². The quantitative estimate of drug-likeness (QED) is 0.491. The highest BCUT2D eigenvalue weighted by atomic mass is 35.5. The summed E-state index contributed by atoms with van der Waals surface area (Å²) in [7, 11) is 0. The van der Waals surface area contributed by atoms with Gasteiger partial charge in [-0.3, -0.25) is 9.59 Å². The van der Waals surface area contributed by atoms with Crippen LogP contribution in [0.4, 0.5) is 5.69 Å². The maximum Gasteiger partial charge on any atom is 0.240 e. The summed E-state index contributed by atoms with van der Waals surface area (Å²) in [5, 5.41) is 22.9. The van der Waals surface area contributed by atoms with Crippen LogP contribution in [0.1, 0.15) is 12.0 Å². The van der Waals surface area contributed by atoms with Gasteiger partial charge in [0, 0.05) is 12.1 Å². The van der Waals surface area contributed by atoms with Crippen molar-refractivity contribution in [1.29, 1.82) is 0 Å². The third-order valence-corrected chi connectivity index (χ3v) is 5.39. The highest BCUT2D eigenvalue weighted by Gasteiger charge is 2.32. The van der Waals surface area contributed by atoms with Crippen LogP contribution in [0.2, 0.25) is 10.0 Å². The smallest absolute Gasteiger partial charge is 0.240 e. The third-order valence-electron chi connectivity index (χ3n) is 3.58. The van der Waals surface area contributed by atoms with Crippen molar-refractivity contribution < 1.29 is 14.7 Å². The van der Waals surface area contributed by atoms with E-state index < -0.39 is 5.25 Å². The molecule has 1 fully saturated rings. The highest BCUT2D eigenvalue weighted by Crippen LogP contribution is 2.26. The van der Waals surface area contributed by atoms with E-state index in [4.69, 9.17) is 23.2 Å². The minimum atomic E-state index is -0.613. The van der Waals surface area contributed by atoms with Crippen molar-refractivity contribution in [3.63, 3.8) is 0 Å². The molecule has 1 aliphatic heterocycles. The fraction of sp³-hybridized carbons (Fsp3) is 0.111. The molecule has 10 heteroatoms. The van der Waals surface area contributed by atoms with Crippen LogP contribution >= 0.6 is 35.0 Å². The Morgan fingerprint density at radius 1 is 1.25 bits per heavy atom. The number of benzene rings is 2. The molecule has 3 N–H and O–H groups in total. The van der Waals surface area contributed by atoms with E-state index in [1.54, 1.807) is 30.3 Å². The van der Waals surface area contributed by atoms with Gasteiger partial charge in [0.15, 0.2) is 5.17 Å². The second-order valence-electron chi connectivity index (χ2n) is 5.72. The van der Waals surface area contributed by atoms with Crippen molar-refractivity contribution in [2.24, 2.45) is 10.2 Å². The Labute approximate surface area is 174 Å². The normalized spacial score (nSPS) is 17.9. The first-order chi connectivity index (χ1) is 13.4. The summed E-state index contributed by atoms with van der Waals surface area (Å²) in [6.07, 6.45) is 1.41. The van der Waals surface area contributed by atoms with Crippen molar-refractivity contribution in [2.75, 3.05) is 5.32 Å². The lowest BCUT2D eigenvalue weighted by Gasteiger charge is -2.08. The van der Waals surface area contributed by atoms with Crippen LogP contribution in [0.5, 0.6) is 5.75 Å². The number of amidine groups is 1. The number of rotatable bonds is 5. The van der Waals surface area contributed by atoms with E-state index in [2.05, 4.69) is 20.8 Å². The van der Waals surface area contributed by atoms with Crippen molar-refractivity contribution in [3.8, 4) is 5.75 Å². The SMILES string of the molecule is O=C(C[C@@H]1S/C(=N/N=C\c2cccc(O)c2)NC1=O)Nc1ccc(Cl)c(Cl)c1. The van der Waals surface area contributed by atoms with Crippen LogP contribution < -0.4 is 10.6 Å². The zero-order chi connectivity index (χ0) is 20.1. The standard InChI is InChI=1S/C18H14Cl2N4O3S/c19-13-5-4-11(7-14(13)20)22-16(26)8-15-17(27)23-18(28-15)24-21-9-10-2-1-3-12(25)6-10/h1-7,9,15,25H,8H2,(H,22,26)(H,23,24,27)/b21-9-/t15-/m0/s1. The van der Waals surface area contributed by atoms with Crippen molar-refractivity contribution in [2.45, 2.75) is 11.7 Å². The fourth-order valence-corrected chi connectivity index (χ4v) is 3.52. The summed E-state index contributed by atoms with van der Waals surface area (Å²) in [5.41, 5.74) is 1.16. The molecular formula is C18H14Cl2N4O3S. The minimum absolute atomic E-state index is 0.0357. The Bertz CT molecular complexity index is 981. The second kappa shape index (κ2) is 9.09. The Morgan fingerprint density at radius 3 is 2.82 bits per heavy atom. The van der Waals surface area contributed by atoms with E-state index in [-0.39, 0.29) is 24.0 Å². The van der Waals surface area contributed by atoms with Gasteiger partial charge in [-0.25, -0.2) is 0 Å². The Morgan fingerprint density at radius 2 is 2.07 bits per heavy atom. The number of hydrogen-bond donors (Lipinski definition) is 3. The number of phenols is 1. The third kappa shape index (κ3) is 5.48. The molecule has 3 rings (SSSR count). The highest BCUT2D eigenvalue weighted by molar-refractivity contribution is 8.15. The monoisotopic (exact) mass is 436 g/mol. The van der Waals surface area contributed by atoms with Gasteiger partial charge in [-0.2, -0.15) is 5.10 Å². The minimum Gasteiger partial charge on any atom is -0.508 e. The van der Waals surface area contributed by atoms with Gasteiger partial charge in [-0.15, -0.1) is 5.10 Å². The van der Waals surface area contributed by atoms with E-state index in [1.807, 2.05) is 0 Å². The number of anilines is 1. The fourth-order valence-electron chi connectivity index (χ4n) is 2.29. The molecule has 0 radical (unpaired) electrons. The van der Waals surface area contributed by atoms with E-state index in [0.717, 1.165) is 11.8 Å². The Balaban J connectivity index is 1.56. The van der Waals surface area contributed by atoms with Crippen molar-refractivity contribution >= 4 is 63.8 Å². The number of carbonyl (C=O) groups is 2. The molecule has 0 saturated carbocycles. The number of phenolic OH excluding ortho intramolecular Hbond substituents is 1. The molecule has 144 valence electrons. The largest absolute Gasteiger partial charge is 0.508 e. The van der Waals surface area contributed by atoms with Crippen LogP contribution in [0.25, 0.3) is 0 Å². The lowest BCUT2D eigenvalue weighted by Crippen LogP contribution is -2.28. The molecule has 2 aromatic carbocycles. The number of hydrogen-bond acceptors (Lipinski definition) is 6. The molecule has 2 aromatic rings. The lowest BCUT2D eigenvalue weighted by molar-refractivity contribution is -0.122. The van der Waals surface area contributed by atoms with Gasteiger partial charge in [0.1, 0.15) is 11.0 Å². The number of aromatic hydroxyl groups is 1. The average molecular weight is 437 g/mol. The summed E-state index contributed by atoms with van der Waals surface area (Å²) in [4.78, 5) is 24.2. The molecule has 0 aromatic heterocycles. The van der Waals surface area contributed by atoms with Gasteiger partial charge >= 0.3 is 0 Å². The van der Waals surface area contributed by atoms with Crippen molar-refractivity contribution in [3.05, 3.63) is 58.1 Å². The first kappa shape index (κ1) is 20.2. The van der Waals surface area contributed by atoms with E-state index in [0.29, 0.717) is 26.5 Å². The number of nitrogens with zero attached hydrogens (tertiary/aromatic N) is 2. The van der Waals surface area contributed by atoms with Crippen LogP contribution in [0.3, 0.4) is 0 Å². The molecule has 7 nitrogen and oxygen atoms in total. The summed E-state index contributed by atoms with van der Waals surface area (Å²) in [6.45, 7) is 0. The maximum atomic E-state index is 12.2. The predicted octanol–water partition coefficient (Wildman–Crippen LogP) is 3.65. The zero-order valence-corrected chi connectivity index (χ0v) is 16.6. The van der Waals surface area contributed by atoms with Gasteiger partial charge in [-0.1, -0.05) is 47.1 Å². The van der Waals surface area contributed by atoms with Crippen LogP contribution in [-0.2, 0) is 9.59 Å². The van der Waals surface area contributed by atoms with Crippen LogP contribution in [0.15, 0.2) is 52.7 Å². The Kier molecular flexibility index (Phi) is 6.56. The molecule has 0 spiro atoms. The number of nitrogens with one attached hydrogen (secondary N) is 2. The van der Waals surface area contributed by atoms with Gasteiger partial charge in [0.05, 0.1) is 16.3 Å². The van der Waals surface area contributed by atoms with Crippen molar-refractivity contribution in [1.82, 2.24) is 5.32 Å². The number of thioether (sulfide) groups is 1. The maximum absolute atomic E-state index is 12.2. The summed E-state index contributed by atoms with van der Waals surface area (Å²) in [6, 6.07) is 11.2. The van der Waals surface area contributed by atoms with Gasteiger partial charge < -0.3 is 15.7 Å². The molecule has 0 aliphatic carbocycles. The van der Waals surface area contributed by atoms with Gasteiger partial charge in [-0.05, 0) is 35.9 Å². The number of halogens is 2. The number of amides is 2. The topological polar surface area (TPSA) is 103 Å². The first-order valence-corrected chi connectivity index (χ1v) is 9.67. The average Bonchev–Trinajstić information content (AvgIpc) is 2.97. The van der Waals surface area contributed by atoms with E-state index in [9.17, 15) is 14.7 Å². The first-order valence-electron chi connectivity index (χ1n) is 8.03. The number of carbonyl (C=O) groups excluding carboxylic acids is 2. The molecule has 1 aliphatic rings. The lowest BCUT2D eigenvalue weighted by atomic mass is 10.2.